The number of guanidine groups is 1. The number of nitrogens with zero attached hydrogens (tertiary/aromatic N) is 2. The predicted molar refractivity (Wildman–Crippen MR) is 138 cm³/mol. The van der Waals surface area contributed by atoms with Crippen LogP contribution in [0.25, 0.3) is 10.9 Å². The number of aromatic nitrogens is 1. The van der Waals surface area contributed by atoms with Crippen molar-refractivity contribution in [3.63, 3.8) is 0 Å². The number of aromatic amines is 1. The maximum absolute atomic E-state index is 6.17. The number of nitrogens with one attached hydrogen (secondary N) is 3. The van der Waals surface area contributed by atoms with E-state index in [1.807, 2.05) is 18.2 Å². The van der Waals surface area contributed by atoms with Crippen molar-refractivity contribution in [2.75, 3.05) is 26.2 Å². The van der Waals surface area contributed by atoms with Crippen molar-refractivity contribution in [1.29, 1.82) is 0 Å². The number of rotatable bonds is 6. The van der Waals surface area contributed by atoms with Crippen molar-refractivity contribution in [2.24, 2.45) is 4.99 Å². The Morgan fingerprint density at radius 3 is 2.70 bits per heavy atom. The van der Waals surface area contributed by atoms with Crippen LogP contribution in [0.5, 0.6) is 0 Å². The van der Waals surface area contributed by atoms with E-state index in [0.717, 1.165) is 42.1 Å². The summed E-state index contributed by atoms with van der Waals surface area (Å²) in [6.45, 7) is 6.21. The highest BCUT2D eigenvalue weighted by Gasteiger charge is 2.27. The molecule has 1 aliphatic carbocycles. The molecule has 30 heavy (non-hydrogen) atoms. The van der Waals surface area contributed by atoms with Crippen molar-refractivity contribution in [2.45, 2.75) is 64.0 Å². The van der Waals surface area contributed by atoms with Crippen LogP contribution in [0.1, 0.15) is 51.0 Å². The average molecular weight is 544 g/mol. The Labute approximate surface area is 202 Å². The number of hydrogen-bond acceptors (Lipinski definition) is 2. The molecule has 1 saturated carbocycles. The Morgan fingerprint density at radius 2 is 1.97 bits per heavy atom. The first kappa shape index (κ1) is 23.7. The van der Waals surface area contributed by atoms with Gasteiger partial charge in [0.2, 0.25) is 0 Å². The van der Waals surface area contributed by atoms with Crippen LogP contribution in [0.3, 0.4) is 0 Å². The predicted octanol–water partition coefficient (Wildman–Crippen LogP) is 4.94. The number of aliphatic imine (C=N–C) groups is 1. The molecule has 1 aliphatic heterocycles. The van der Waals surface area contributed by atoms with Gasteiger partial charge >= 0.3 is 0 Å². The minimum Gasteiger partial charge on any atom is -0.361 e. The second-order valence-corrected chi connectivity index (χ2v) is 8.84. The van der Waals surface area contributed by atoms with Crippen LogP contribution < -0.4 is 10.6 Å². The number of H-pyrrole nitrogens is 1. The number of likely N-dealkylation sites (tertiary alicyclic amines) is 1. The Bertz CT molecular complexity index is 822. The summed E-state index contributed by atoms with van der Waals surface area (Å²) >= 11 is 6.17. The summed E-state index contributed by atoms with van der Waals surface area (Å²) in [7, 11) is 0. The van der Waals surface area contributed by atoms with Crippen LogP contribution in [0.15, 0.2) is 29.4 Å². The van der Waals surface area contributed by atoms with Crippen molar-refractivity contribution in [1.82, 2.24) is 20.5 Å². The SMILES string of the molecule is CCNC(=NCCc1c[nH]c2ccc(Cl)cc12)NC1CCN(C2CCCC2)CC1.I. The van der Waals surface area contributed by atoms with Gasteiger partial charge in [0.05, 0.1) is 0 Å². The summed E-state index contributed by atoms with van der Waals surface area (Å²) in [6, 6.07) is 7.37. The lowest BCUT2D eigenvalue weighted by Gasteiger charge is -2.36. The van der Waals surface area contributed by atoms with Crippen LogP contribution in [0.2, 0.25) is 5.02 Å². The third-order valence-corrected chi connectivity index (χ3v) is 6.67. The van der Waals surface area contributed by atoms with E-state index in [0.29, 0.717) is 6.04 Å². The van der Waals surface area contributed by atoms with E-state index in [1.165, 1.54) is 62.6 Å². The van der Waals surface area contributed by atoms with E-state index in [-0.39, 0.29) is 24.0 Å². The second kappa shape index (κ2) is 11.6. The minimum atomic E-state index is 0. The molecule has 2 aliphatic rings. The Kier molecular flexibility index (Phi) is 9.13. The fourth-order valence-electron chi connectivity index (χ4n) is 4.84. The Balaban J connectivity index is 0.00000256. The van der Waals surface area contributed by atoms with Crippen molar-refractivity contribution in [3.8, 4) is 0 Å². The van der Waals surface area contributed by atoms with Crippen LogP contribution in [-0.4, -0.2) is 54.1 Å². The molecule has 1 aromatic heterocycles. The second-order valence-electron chi connectivity index (χ2n) is 8.41. The normalized spacial score (nSPS) is 19.2. The molecular formula is C23H35ClIN5. The first-order valence-corrected chi connectivity index (χ1v) is 11.6. The van der Waals surface area contributed by atoms with Gasteiger partial charge in [-0.15, -0.1) is 24.0 Å². The fourth-order valence-corrected chi connectivity index (χ4v) is 5.01. The van der Waals surface area contributed by atoms with E-state index in [9.17, 15) is 0 Å². The lowest BCUT2D eigenvalue weighted by Crippen LogP contribution is -2.50. The van der Waals surface area contributed by atoms with Gasteiger partial charge in [-0.2, -0.15) is 0 Å². The van der Waals surface area contributed by atoms with E-state index in [4.69, 9.17) is 16.6 Å². The van der Waals surface area contributed by atoms with Gasteiger partial charge in [0.1, 0.15) is 0 Å². The van der Waals surface area contributed by atoms with Crippen molar-refractivity contribution in [3.05, 3.63) is 35.0 Å². The summed E-state index contributed by atoms with van der Waals surface area (Å²) < 4.78 is 0. The molecule has 7 heteroatoms. The van der Waals surface area contributed by atoms with Gasteiger partial charge in [-0.3, -0.25) is 4.99 Å². The first-order valence-electron chi connectivity index (χ1n) is 11.3. The van der Waals surface area contributed by atoms with Crippen LogP contribution >= 0.6 is 35.6 Å². The number of hydrogen-bond donors (Lipinski definition) is 3. The molecule has 2 aromatic rings. The van der Waals surface area contributed by atoms with E-state index in [2.05, 4.69) is 33.6 Å². The number of fused-ring (bicyclic) bond motifs is 1. The van der Waals surface area contributed by atoms with Crippen molar-refractivity contribution >= 4 is 52.4 Å². The third-order valence-electron chi connectivity index (χ3n) is 6.44. The summed E-state index contributed by atoms with van der Waals surface area (Å²) in [6.07, 6.45) is 11.0. The standard InChI is InChI=1S/C23H34ClN5.HI/c1-2-25-23(28-19-10-13-29(14-11-19)20-5-3-4-6-20)26-12-9-17-16-27-22-8-7-18(24)15-21(17)22;/h7-8,15-16,19-20,27H,2-6,9-14H2,1H3,(H2,25,26,28);1H. The molecule has 0 amide bonds. The molecule has 3 N–H and O–H groups in total. The molecule has 166 valence electrons. The van der Waals surface area contributed by atoms with Crippen LogP contribution in [0, 0.1) is 0 Å². The maximum atomic E-state index is 6.17. The molecule has 0 atom stereocenters. The third kappa shape index (κ3) is 6.04. The Morgan fingerprint density at radius 1 is 1.20 bits per heavy atom. The molecule has 4 rings (SSSR count). The molecular weight excluding hydrogens is 509 g/mol. The highest BCUT2D eigenvalue weighted by Crippen LogP contribution is 2.26. The summed E-state index contributed by atoms with van der Waals surface area (Å²) in [5, 5.41) is 9.07. The molecule has 5 nitrogen and oxygen atoms in total. The van der Waals surface area contributed by atoms with E-state index < -0.39 is 0 Å². The molecule has 0 bridgehead atoms. The zero-order valence-corrected chi connectivity index (χ0v) is 21.0. The zero-order chi connectivity index (χ0) is 20.1. The summed E-state index contributed by atoms with van der Waals surface area (Å²) in [5.74, 6) is 0.949. The molecule has 1 aromatic carbocycles. The smallest absolute Gasteiger partial charge is 0.191 e. The lowest BCUT2D eigenvalue weighted by molar-refractivity contribution is 0.150. The maximum Gasteiger partial charge on any atom is 0.191 e. The monoisotopic (exact) mass is 543 g/mol. The van der Waals surface area contributed by atoms with E-state index in [1.54, 1.807) is 0 Å². The molecule has 0 radical (unpaired) electrons. The van der Waals surface area contributed by atoms with Gasteiger partial charge in [-0.05, 0) is 62.8 Å². The number of benzene rings is 1. The molecule has 0 spiro atoms. The van der Waals surface area contributed by atoms with E-state index >= 15 is 0 Å². The summed E-state index contributed by atoms with van der Waals surface area (Å²) in [4.78, 5) is 10.9. The van der Waals surface area contributed by atoms with Gasteiger partial charge in [0, 0.05) is 60.4 Å². The topological polar surface area (TPSA) is 55.5 Å². The Hall–Kier alpha value is -0.990. The van der Waals surface area contributed by atoms with Gasteiger partial charge in [0.15, 0.2) is 5.96 Å². The van der Waals surface area contributed by atoms with Gasteiger partial charge < -0.3 is 20.5 Å². The summed E-state index contributed by atoms with van der Waals surface area (Å²) in [5.41, 5.74) is 2.40. The molecule has 2 heterocycles. The molecule has 2 fully saturated rings. The largest absolute Gasteiger partial charge is 0.361 e. The van der Waals surface area contributed by atoms with Gasteiger partial charge in [-0.25, -0.2) is 0 Å². The highest BCUT2D eigenvalue weighted by atomic mass is 127. The number of halogens is 2. The van der Waals surface area contributed by atoms with Crippen molar-refractivity contribution < 1.29 is 0 Å². The quantitative estimate of drug-likeness (QED) is 0.275. The highest BCUT2D eigenvalue weighted by molar-refractivity contribution is 14.0. The van der Waals surface area contributed by atoms with Gasteiger partial charge in [-0.1, -0.05) is 24.4 Å². The average Bonchev–Trinajstić information content (AvgIpc) is 3.39. The number of piperidine rings is 1. The minimum absolute atomic E-state index is 0. The lowest BCUT2D eigenvalue weighted by atomic mass is 10.0. The van der Waals surface area contributed by atoms with Crippen LogP contribution in [-0.2, 0) is 6.42 Å². The zero-order valence-electron chi connectivity index (χ0n) is 17.9. The molecule has 0 unspecified atom stereocenters. The first-order chi connectivity index (χ1) is 14.2. The van der Waals surface area contributed by atoms with Crippen LogP contribution in [0.4, 0.5) is 0 Å². The van der Waals surface area contributed by atoms with Gasteiger partial charge in [0.25, 0.3) is 0 Å². The molecule has 1 saturated heterocycles. The fraction of sp³-hybridized carbons (Fsp3) is 0.609.